The number of aromatic amines is 1. The van der Waals surface area contributed by atoms with Crippen LogP contribution < -0.4 is 10.3 Å². The number of rotatable bonds is 5. The van der Waals surface area contributed by atoms with Crippen molar-refractivity contribution in [1.82, 2.24) is 14.9 Å². The summed E-state index contributed by atoms with van der Waals surface area (Å²) in [6.07, 6.45) is 2.23. The second kappa shape index (κ2) is 7.31. The van der Waals surface area contributed by atoms with Gasteiger partial charge >= 0.3 is 0 Å². The number of ether oxygens (including phenoxy) is 1. The Morgan fingerprint density at radius 1 is 1.32 bits per heavy atom. The van der Waals surface area contributed by atoms with Crippen LogP contribution in [-0.2, 0) is 25.9 Å². The number of nitrogens with zero attached hydrogens (tertiary/aromatic N) is 2. The summed E-state index contributed by atoms with van der Waals surface area (Å²) in [5.74, 6) is -0.445. The zero-order valence-corrected chi connectivity index (χ0v) is 14.4. The van der Waals surface area contributed by atoms with E-state index in [-0.39, 0.29) is 23.4 Å². The first-order valence-electron chi connectivity index (χ1n) is 8.37. The summed E-state index contributed by atoms with van der Waals surface area (Å²) in [5.41, 5.74) is 1.20. The molecule has 0 unspecified atom stereocenters. The maximum Gasteiger partial charge on any atom is 0.255 e. The van der Waals surface area contributed by atoms with E-state index in [9.17, 15) is 13.6 Å². The number of fused-ring (bicyclic) bond motifs is 1. The van der Waals surface area contributed by atoms with Crippen LogP contribution >= 0.6 is 0 Å². The van der Waals surface area contributed by atoms with Crippen LogP contribution in [0, 0.1) is 11.6 Å². The molecule has 0 fully saturated rings. The number of hydrogen-bond acceptors (Lipinski definition) is 4. The Bertz CT molecular complexity index is 813. The highest BCUT2D eigenvalue weighted by Gasteiger charge is 2.23. The number of aromatic nitrogens is 2. The Morgan fingerprint density at radius 2 is 2.04 bits per heavy atom. The second-order valence-electron chi connectivity index (χ2n) is 6.22. The predicted octanol–water partition coefficient (Wildman–Crippen LogP) is 2.57. The first-order chi connectivity index (χ1) is 12.0. The molecule has 0 atom stereocenters. The number of benzene rings is 1. The minimum atomic E-state index is -0.645. The third kappa shape index (κ3) is 3.71. The maximum absolute atomic E-state index is 14.1. The van der Waals surface area contributed by atoms with Crippen LogP contribution in [0.15, 0.2) is 16.9 Å². The lowest BCUT2D eigenvalue weighted by Crippen LogP contribution is -2.36. The summed E-state index contributed by atoms with van der Waals surface area (Å²) >= 11 is 0. The van der Waals surface area contributed by atoms with E-state index >= 15 is 0 Å². The Labute approximate surface area is 144 Å². The minimum absolute atomic E-state index is 0.0174. The molecule has 1 N–H and O–H groups in total. The molecule has 1 aliphatic heterocycles. The largest absolute Gasteiger partial charge is 0.497 e. The van der Waals surface area contributed by atoms with E-state index in [2.05, 4.69) is 9.97 Å². The van der Waals surface area contributed by atoms with Gasteiger partial charge in [0.15, 0.2) is 0 Å². The van der Waals surface area contributed by atoms with Gasteiger partial charge in [0.1, 0.15) is 23.2 Å². The molecule has 1 aromatic heterocycles. The molecule has 0 bridgehead atoms. The average Bonchev–Trinajstić information content (AvgIpc) is 2.58. The monoisotopic (exact) mass is 349 g/mol. The van der Waals surface area contributed by atoms with Crippen LogP contribution in [0.25, 0.3) is 0 Å². The van der Waals surface area contributed by atoms with E-state index in [0.717, 1.165) is 18.5 Å². The highest BCUT2D eigenvalue weighted by molar-refractivity contribution is 5.31. The van der Waals surface area contributed by atoms with Crippen molar-refractivity contribution in [2.24, 2.45) is 0 Å². The highest BCUT2D eigenvalue weighted by atomic mass is 19.1. The fourth-order valence-corrected chi connectivity index (χ4v) is 3.09. The lowest BCUT2D eigenvalue weighted by molar-refractivity contribution is 0.234. The molecule has 0 aliphatic carbocycles. The molecule has 0 spiro atoms. The van der Waals surface area contributed by atoms with E-state index in [4.69, 9.17) is 4.74 Å². The summed E-state index contributed by atoms with van der Waals surface area (Å²) < 4.78 is 33.1. The zero-order chi connectivity index (χ0) is 18.0. The van der Waals surface area contributed by atoms with Gasteiger partial charge in [-0.1, -0.05) is 6.92 Å². The van der Waals surface area contributed by atoms with Crippen molar-refractivity contribution >= 4 is 0 Å². The molecular formula is C18H21F2N3O2. The van der Waals surface area contributed by atoms with Gasteiger partial charge in [-0.2, -0.15) is 0 Å². The fraction of sp³-hybridized carbons (Fsp3) is 0.444. The average molecular weight is 349 g/mol. The molecule has 7 heteroatoms. The molecule has 134 valence electrons. The molecule has 3 rings (SSSR count). The number of nitrogens with one attached hydrogen (secondary N) is 1. The van der Waals surface area contributed by atoms with Gasteiger partial charge in [-0.25, -0.2) is 13.8 Å². The third-order valence-corrected chi connectivity index (χ3v) is 4.42. The van der Waals surface area contributed by atoms with E-state index in [0.29, 0.717) is 30.9 Å². The van der Waals surface area contributed by atoms with Crippen molar-refractivity contribution in [3.05, 3.63) is 56.8 Å². The van der Waals surface area contributed by atoms with Crippen molar-refractivity contribution in [3.63, 3.8) is 0 Å². The summed E-state index contributed by atoms with van der Waals surface area (Å²) in [6.45, 7) is 3.05. The molecule has 1 aliphatic rings. The quantitative estimate of drug-likeness (QED) is 0.901. The van der Waals surface area contributed by atoms with E-state index < -0.39 is 11.6 Å². The van der Waals surface area contributed by atoms with E-state index in [1.165, 1.54) is 19.2 Å². The van der Waals surface area contributed by atoms with Crippen molar-refractivity contribution in [2.75, 3.05) is 13.7 Å². The zero-order valence-electron chi connectivity index (χ0n) is 14.4. The van der Waals surface area contributed by atoms with Crippen LogP contribution in [0.5, 0.6) is 5.75 Å². The molecule has 5 nitrogen and oxygen atoms in total. The van der Waals surface area contributed by atoms with Crippen molar-refractivity contribution in [1.29, 1.82) is 0 Å². The lowest BCUT2D eigenvalue weighted by Gasteiger charge is -2.28. The molecule has 25 heavy (non-hydrogen) atoms. The number of H-pyrrole nitrogens is 1. The molecule has 0 radical (unpaired) electrons. The van der Waals surface area contributed by atoms with Crippen molar-refractivity contribution < 1.29 is 13.5 Å². The summed E-state index contributed by atoms with van der Waals surface area (Å²) in [7, 11) is 1.36. The first kappa shape index (κ1) is 17.5. The fourth-order valence-electron chi connectivity index (χ4n) is 3.09. The number of halogens is 2. The Kier molecular flexibility index (Phi) is 5.13. The molecule has 0 saturated carbocycles. The lowest BCUT2D eigenvalue weighted by atomic mass is 10.1. The third-order valence-electron chi connectivity index (χ3n) is 4.42. The number of aryl methyl sites for hydroxylation is 1. The van der Waals surface area contributed by atoms with E-state index in [1.54, 1.807) is 0 Å². The molecule has 1 aromatic carbocycles. The van der Waals surface area contributed by atoms with Crippen LogP contribution in [0.3, 0.4) is 0 Å². The van der Waals surface area contributed by atoms with Gasteiger partial charge in [0.2, 0.25) is 0 Å². The van der Waals surface area contributed by atoms with Gasteiger partial charge in [-0.05, 0) is 6.42 Å². The SMILES string of the molecule is CCCc1nc2c(c(=O)[nH]1)CN(Cc1c(F)cc(OC)cc1F)CC2. The van der Waals surface area contributed by atoms with Crippen molar-refractivity contribution in [2.45, 2.75) is 39.3 Å². The van der Waals surface area contributed by atoms with Crippen LogP contribution in [0.1, 0.15) is 36.0 Å². The van der Waals surface area contributed by atoms with Crippen LogP contribution in [0.4, 0.5) is 8.78 Å². The standard InChI is InChI=1S/C18H21F2N3O2/c1-3-4-17-21-16-5-6-23(10-13(16)18(24)22-17)9-12-14(19)7-11(25-2)8-15(12)20/h7-8H,3-6,9-10H2,1-2H3,(H,21,22,24). The van der Waals surface area contributed by atoms with Gasteiger partial charge in [0.25, 0.3) is 5.56 Å². The Morgan fingerprint density at radius 3 is 2.68 bits per heavy atom. The summed E-state index contributed by atoms with van der Waals surface area (Å²) in [5, 5.41) is 0. The van der Waals surface area contributed by atoms with Gasteiger partial charge in [0, 0.05) is 50.2 Å². The van der Waals surface area contributed by atoms with Gasteiger partial charge < -0.3 is 9.72 Å². The molecular weight excluding hydrogens is 328 g/mol. The Balaban J connectivity index is 1.81. The predicted molar refractivity (Wildman–Crippen MR) is 89.6 cm³/mol. The molecule has 2 heterocycles. The topological polar surface area (TPSA) is 58.2 Å². The summed E-state index contributed by atoms with van der Waals surface area (Å²) in [6, 6.07) is 2.34. The van der Waals surface area contributed by atoms with E-state index in [1.807, 2.05) is 11.8 Å². The molecule has 0 saturated heterocycles. The van der Waals surface area contributed by atoms with Gasteiger partial charge in [0.05, 0.1) is 18.4 Å². The van der Waals surface area contributed by atoms with Crippen LogP contribution in [0.2, 0.25) is 0 Å². The minimum Gasteiger partial charge on any atom is -0.497 e. The normalized spacial score (nSPS) is 14.4. The molecule has 0 amide bonds. The number of methoxy groups -OCH3 is 1. The smallest absolute Gasteiger partial charge is 0.255 e. The Hall–Kier alpha value is -2.28. The van der Waals surface area contributed by atoms with Crippen LogP contribution in [-0.4, -0.2) is 28.5 Å². The second-order valence-corrected chi connectivity index (χ2v) is 6.22. The molecule has 2 aromatic rings. The van der Waals surface area contributed by atoms with Gasteiger partial charge in [-0.15, -0.1) is 0 Å². The van der Waals surface area contributed by atoms with Crippen molar-refractivity contribution in [3.8, 4) is 5.75 Å². The maximum atomic E-state index is 14.1. The first-order valence-corrected chi connectivity index (χ1v) is 8.37. The number of hydrogen-bond donors (Lipinski definition) is 1. The summed E-state index contributed by atoms with van der Waals surface area (Å²) in [4.78, 5) is 21.5. The highest BCUT2D eigenvalue weighted by Crippen LogP contribution is 2.24. The van der Waals surface area contributed by atoms with Gasteiger partial charge in [-0.3, -0.25) is 9.69 Å².